The molecule has 0 aromatic heterocycles. The number of carbonyl (C=O) groups excluding carboxylic acids is 2. The van der Waals surface area contributed by atoms with Gasteiger partial charge in [-0.3, -0.25) is 14.6 Å². The van der Waals surface area contributed by atoms with Crippen molar-refractivity contribution in [2.75, 3.05) is 11.9 Å². The van der Waals surface area contributed by atoms with E-state index in [-0.39, 0.29) is 29.7 Å². The number of amides is 1. The van der Waals surface area contributed by atoms with Gasteiger partial charge in [-0.15, -0.1) is 0 Å². The highest BCUT2D eigenvalue weighted by Crippen LogP contribution is 2.47. The van der Waals surface area contributed by atoms with E-state index in [1.165, 1.54) is 0 Å². The molecule has 204 valence electrons. The van der Waals surface area contributed by atoms with Crippen LogP contribution in [0.15, 0.2) is 58.9 Å². The van der Waals surface area contributed by atoms with Crippen LogP contribution >= 0.6 is 0 Å². The Bertz CT molecular complexity index is 1050. The van der Waals surface area contributed by atoms with Gasteiger partial charge in [-0.1, -0.05) is 110 Å². The van der Waals surface area contributed by atoms with Crippen molar-refractivity contribution in [3.05, 3.63) is 65.2 Å². The topological polar surface area (TPSA) is 65.3 Å². The molecular formula is C31H48N4O2. The second-order valence-electron chi connectivity index (χ2n) is 9.40. The van der Waals surface area contributed by atoms with E-state index in [1.54, 1.807) is 6.92 Å². The summed E-state index contributed by atoms with van der Waals surface area (Å²) in [5, 5.41) is 10.8. The Labute approximate surface area is 225 Å². The molecule has 37 heavy (non-hydrogen) atoms. The van der Waals surface area contributed by atoms with Gasteiger partial charge in [0.25, 0.3) is 0 Å². The largest absolute Gasteiger partial charge is 0.307 e. The molecule has 0 radical (unpaired) electrons. The van der Waals surface area contributed by atoms with Crippen molar-refractivity contribution in [3.63, 3.8) is 0 Å². The van der Waals surface area contributed by atoms with Crippen LogP contribution in [0.5, 0.6) is 0 Å². The fraction of sp³-hybridized carbons (Fsp3) is 0.548. The maximum atomic E-state index is 13.7. The number of rotatable bonds is 4. The van der Waals surface area contributed by atoms with Gasteiger partial charge < -0.3 is 4.90 Å². The third-order valence-electron chi connectivity index (χ3n) is 6.72. The molecule has 2 aromatic carbocycles. The maximum absolute atomic E-state index is 13.7. The zero-order valence-electron chi connectivity index (χ0n) is 24.9. The van der Waals surface area contributed by atoms with Crippen LogP contribution in [-0.4, -0.2) is 23.7 Å². The number of hydrogen-bond donors (Lipinski definition) is 0. The minimum absolute atomic E-state index is 0.00340. The lowest BCUT2D eigenvalue weighted by Gasteiger charge is -2.36. The van der Waals surface area contributed by atoms with Crippen molar-refractivity contribution in [1.29, 1.82) is 0 Å². The molecule has 0 spiro atoms. The van der Waals surface area contributed by atoms with Crippen LogP contribution in [0.4, 0.5) is 5.69 Å². The lowest BCUT2D eigenvalue weighted by Crippen LogP contribution is -2.39. The molecular weight excluding hydrogens is 460 g/mol. The van der Waals surface area contributed by atoms with Gasteiger partial charge in [0.05, 0.1) is 6.54 Å². The third kappa shape index (κ3) is 7.06. The molecule has 6 nitrogen and oxygen atoms in total. The molecule has 0 saturated heterocycles. The maximum Gasteiger partial charge on any atom is 0.230 e. The van der Waals surface area contributed by atoms with Gasteiger partial charge in [-0.05, 0) is 30.5 Å². The van der Waals surface area contributed by atoms with Crippen LogP contribution in [0.3, 0.4) is 0 Å². The summed E-state index contributed by atoms with van der Waals surface area (Å²) in [6.45, 7) is 19.8. The molecule has 3 atom stereocenters. The van der Waals surface area contributed by atoms with Crippen molar-refractivity contribution < 1.29 is 9.59 Å². The van der Waals surface area contributed by atoms with Crippen LogP contribution in [0, 0.1) is 11.3 Å². The summed E-state index contributed by atoms with van der Waals surface area (Å²) in [7, 11) is 1.95. The van der Waals surface area contributed by atoms with Gasteiger partial charge in [-0.25, -0.2) is 0 Å². The SMILES string of the molecule is CC.CC.CC.CC(=O)C(C)(C)CC(C)C(=O)N1Cc2ccccc2C2C(N=NN2C)c2ccccc21. The van der Waals surface area contributed by atoms with Gasteiger partial charge >= 0.3 is 0 Å². The van der Waals surface area contributed by atoms with E-state index in [0.29, 0.717) is 13.0 Å². The Hall–Kier alpha value is -3.02. The zero-order chi connectivity index (χ0) is 28.3. The molecule has 6 heteroatoms. The lowest BCUT2D eigenvalue weighted by molar-refractivity contribution is -0.128. The van der Waals surface area contributed by atoms with Crippen molar-refractivity contribution in [3.8, 4) is 0 Å². The quantitative estimate of drug-likeness (QED) is 0.417. The standard InChI is InChI=1S/C25H30N4O2.3C2H6/c1-16(14-25(3,4)17(2)30)24(31)29-15-18-10-6-7-11-19(18)23-22(26-27-28(23)5)20-12-8-9-13-21(20)29;3*1-2/h6-13,16,22-23H,14-15H2,1-5H3;3*1-2H3. The fourth-order valence-corrected chi connectivity index (χ4v) is 4.73. The minimum atomic E-state index is -0.539. The first-order chi connectivity index (χ1) is 17.7. The smallest absolute Gasteiger partial charge is 0.230 e. The average molecular weight is 509 g/mol. The van der Waals surface area contributed by atoms with E-state index in [9.17, 15) is 9.59 Å². The molecule has 3 unspecified atom stereocenters. The average Bonchev–Trinajstić information content (AvgIpc) is 3.29. The number of carbonyl (C=O) groups is 2. The number of likely N-dealkylation sites (N-methyl/N-ethyl adjacent to an activating group) is 1. The Morgan fingerprint density at radius 2 is 1.49 bits per heavy atom. The van der Waals surface area contributed by atoms with E-state index >= 15 is 0 Å². The third-order valence-corrected chi connectivity index (χ3v) is 6.72. The summed E-state index contributed by atoms with van der Waals surface area (Å²) in [6.07, 6.45) is 0.510. The van der Waals surface area contributed by atoms with Crippen LogP contribution in [0.2, 0.25) is 0 Å². The molecule has 0 aliphatic carbocycles. The van der Waals surface area contributed by atoms with Crippen molar-refractivity contribution in [2.45, 2.75) is 94.3 Å². The van der Waals surface area contributed by atoms with Gasteiger partial charge in [-0.2, -0.15) is 5.11 Å². The van der Waals surface area contributed by atoms with E-state index in [2.05, 4.69) is 22.5 Å². The molecule has 4 rings (SSSR count). The molecule has 1 amide bonds. The summed E-state index contributed by atoms with van der Waals surface area (Å²) in [6, 6.07) is 16.0. The van der Waals surface area contributed by atoms with Crippen molar-refractivity contribution in [2.24, 2.45) is 21.7 Å². The van der Waals surface area contributed by atoms with Gasteiger partial charge in [0.2, 0.25) is 5.91 Å². The van der Waals surface area contributed by atoms with E-state index < -0.39 is 5.41 Å². The first-order valence-corrected chi connectivity index (χ1v) is 13.8. The van der Waals surface area contributed by atoms with Gasteiger partial charge in [0, 0.05) is 29.6 Å². The predicted octanol–water partition coefficient (Wildman–Crippen LogP) is 8.35. The number of nitrogens with zero attached hydrogens (tertiary/aromatic N) is 4. The Kier molecular flexibility index (Phi) is 12.7. The highest BCUT2D eigenvalue weighted by molar-refractivity contribution is 5.96. The van der Waals surface area contributed by atoms with E-state index in [1.807, 2.05) is 116 Å². The Balaban J connectivity index is 0.00000106. The Morgan fingerprint density at radius 1 is 0.946 bits per heavy atom. The lowest BCUT2D eigenvalue weighted by atomic mass is 9.79. The van der Waals surface area contributed by atoms with Crippen molar-refractivity contribution in [1.82, 2.24) is 5.01 Å². The van der Waals surface area contributed by atoms with Gasteiger partial charge in [0.15, 0.2) is 0 Å². The first kappa shape index (κ1) is 32.0. The van der Waals surface area contributed by atoms with Crippen LogP contribution in [0.1, 0.15) is 104 Å². The summed E-state index contributed by atoms with van der Waals surface area (Å²) in [5.41, 5.74) is 3.57. The molecule has 2 aromatic rings. The molecule has 0 N–H and O–H groups in total. The summed E-state index contributed by atoms with van der Waals surface area (Å²) in [5.74, 6) is -0.164. The molecule has 0 saturated carbocycles. The number of anilines is 1. The van der Waals surface area contributed by atoms with Crippen LogP contribution in [0.25, 0.3) is 0 Å². The number of benzene rings is 2. The number of ketones is 1. The first-order valence-electron chi connectivity index (χ1n) is 13.8. The van der Waals surface area contributed by atoms with Crippen LogP contribution in [-0.2, 0) is 16.1 Å². The van der Waals surface area contributed by atoms with Crippen molar-refractivity contribution >= 4 is 17.4 Å². The number of Topliss-reactive ketones (excluding diaryl/α,β-unsaturated/α-hetero) is 1. The molecule has 2 heterocycles. The van der Waals surface area contributed by atoms with Gasteiger partial charge in [0.1, 0.15) is 17.9 Å². The summed E-state index contributed by atoms with van der Waals surface area (Å²) < 4.78 is 0. The Morgan fingerprint density at radius 3 is 2.08 bits per heavy atom. The predicted molar refractivity (Wildman–Crippen MR) is 154 cm³/mol. The normalized spacial score (nSPS) is 18.0. The molecule has 2 aliphatic rings. The van der Waals surface area contributed by atoms with Crippen LogP contribution < -0.4 is 4.90 Å². The summed E-state index contributed by atoms with van der Waals surface area (Å²) >= 11 is 0. The summed E-state index contributed by atoms with van der Waals surface area (Å²) in [4.78, 5) is 27.7. The van der Waals surface area contributed by atoms with E-state index in [0.717, 1.165) is 22.4 Å². The monoisotopic (exact) mass is 508 g/mol. The highest BCUT2D eigenvalue weighted by atomic mass is 16.2. The minimum Gasteiger partial charge on any atom is -0.307 e. The highest BCUT2D eigenvalue weighted by Gasteiger charge is 2.40. The second-order valence-corrected chi connectivity index (χ2v) is 9.40. The number of fused-ring (bicyclic) bond motifs is 5. The number of para-hydroxylation sites is 1. The zero-order valence-corrected chi connectivity index (χ0v) is 24.9. The molecule has 0 bridgehead atoms. The number of hydrogen-bond acceptors (Lipinski definition) is 5. The molecule has 0 fully saturated rings. The van der Waals surface area contributed by atoms with E-state index in [4.69, 9.17) is 0 Å². The molecule has 2 aliphatic heterocycles. The second kappa shape index (κ2) is 14.7. The fourth-order valence-electron chi connectivity index (χ4n) is 4.73.